The highest BCUT2D eigenvalue weighted by Gasteiger charge is 2.32. The molecule has 0 heterocycles. The van der Waals surface area contributed by atoms with E-state index in [0.29, 0.717) is 6.54 Å². The molecule has 1 N–H and O–H groups in total. The summed E-state index contributed by atoms with van der Waals surface area (Å²) < 4.78 is 27.2. The summed E-state index contributed by atoms with van der Waals surface area (Å²) in [6.07, 6.45) is 1.66. The number of nitro groups is 1. The van der Waals surface area contributed by atoms with Crippen molar-refractivity contribution in [1.29, 1.82) is 0 Å². The summed E-state index contributed by atoms with van der Waals surface area (Å²) in [4.78, 5) is 22.3. The summed E-state index contributed by atoms with van der Waals surface area (Å²) >= 11 is 0. The van der Waals surface area contributed by atoms with E-state index in [1.54, 1.807) is 18.2 Å². The number of amides is 1. The van der Waals surface area contributed by atoms with E-state index in [-0.39, 0.29) is 5.69 Å². The summed E-state index contributed by atoms with van der Waals surface area (Å²) in [5.41, 5.74) is -0.286. The fourth-order valence-electron chi connectivity index (χ4n) is 2.45. The number of hydrogen-bond donors (Lipinski definition) is 1. The van der Waals surface area contributed by atoms with Crippen molar-refractivity contribution < 1.29 is 18.1 Å². The van der Waals surface area contributed by atoms with Crippen molar-refractivity contribution in [3.8, 4) is 0 Å². The van der Waals surface area contributed by atoms with E-state index in [0.717, 1.165) is 23.2 Å². The van der Waals surface area contributed by atoms with Gasteiger partial charge in [-0.2, -0.15) is 0 Å². The lowest BCUT2D eigenvalue weighted by molar-refractivity contribution is -0.387. The zero-order chi connectivity index (χ0) is 19.9. The normalized spacial score (nSPS) is 11.0. The Morgan fingerprint density at radius 3 is 2.37 bits per heavy atom. The standard InChI is InChI=1S/C18H21N3O5S/c1-2-3-13-19-18(22)14-20(15-9-5-4-6-10-15)27(25,26)17-12-8-7-11-16(17)21(23)24/h4-12H,2-3,13-14H2,1H3,(H,19,22). The molecule has 0 fully saturated rings. The Balaban J connectivity index is 2.44. The van der Waals surface area contributed by atoms with Crippen LogP contribution in [0.5, 0.6) is 0 Å². The quantitative estimate of drug-likeness (QED) is 0.401. The number of sulfonamides is 1. The Bertz CT molecular complexity index is 900. The molecule has 0 radical (unpaired) electrons. The summed E-state index contributed by atoms with van der Waals surface area (Å²) in [5, 5.41) is 13.9. The lowest BCUT2D eigenvalue weighted by Gasteiger charge is -2.24. The maximum Gasteiger partial charge on any atom is 0.289 e. The van der Waals surface area contributed by atoms with E-state index < -0.39 is 38.0 Å². The fourth-order valence-corrected chi connectivity index (χ4v) is 4.03. The highest BCUT2D eigenvalue weighted by Crippen LogP contribution is 2.29. The zero-order valence-corrected chi connectivity index (χ0v) is 15.7. The first-order valence-electron chi connectivity index (χ1n) is 8.45. The van der Waals surface area contributed by atoms with Crippen molar-refractivity contribution in [3.05, 3.63) is 64.7 Å². The molecule has 0 aromatic heterocycles. The first kappa shape index (κ1) is 20.4. The number of nitrogens with zero attached hydrogens (tertiary/aromatic N) is 2. The predicted molar refractivity (Wildman–Crippen MR) is 102 cm³/mol. The summed E-state index contributed by atoms with van der Waals surface area (Å²) in [6, 6.07) is 13.1. The van der Waals surface area contributed by atoms with Crippen molar-refractivity contribution in [2.24, 2.45) is 0 Å². The Morgan fingerprint density at radius 1 is 1.11 bits per heavy atom. The fraction of sp³-hybridized carbons (Fsp3) is 0.278. The largest absolute Gasteiger partial charge is 0.355 e. The number of anilines is 1. The van der Waals surface area contributed by atoms with Gasteiger partial charge < -0.3 is 5.32 Å². The maximum absolute atomic E-state index is 13.2. The van der Waals surface area contributed by atoms with Gasteiger partial charge >= 0.3 is 0 Å². The highest BCUT2D eigenvalue weighted by atomic mass is 32.2. The van der Waals surface area contributed by atoms with Crippen molar-refractivity contribution in [3.63, 3.8) is 0 Å². The van der Waals surface area contributed by atoms with Crippen molar-refractivity contribution in [1.82, 2.24) is 5.32 Å². The van der Waals surface area contributed by atoms with Crippen LogP contribution in [0.25, 0.3) is 0 Å². The minimum atomic E-state index is -4.32. The monoisotopic (exact) mass is 391 g/mol. The van der Waals surface area contributed by atoms with E-state index in [1.165, 1.54) is 30.3 Å². The molecule has 0 spiro atoms. The molecule has 0 saturated carbocycles. The van der Waals surface area contributed by atoms with Crippen LogP contribution in [0.4, 0.5) is 11.4 Å². The molecule has 2 aromatic carbocycles. The van der Waals surface area contributed by atoms with Gasteiger partial charge in [0.1, 0.15) is 6.54 Å². The third-order valence-electron chi connectivity index (χ3n) is 3.81. The molecule has 27 heavy (non-hydrogen) atoms. The molecule has 0 atom stereocenters. The SMILES string of the molecule is CCCCNC(=O)CN(c1ccccc1)S(=O)(=O)c1ccccc1[N+](=O)[O-]. The van der Waals surface area contributed by atoms with E-state index in [2.05, 4.69) is 5.32 Å². The van der Waals surface area contributed by atoms with Gasteiger partial charge in [0.15, 0.2) is 4.90 Å². The molecule has 0 unspecified atom stereocenters. The summed E-state index contributed by atoms with van der Waals surface area (Å²) in [7, 11) is -4.32. The second-order valence-corrected chi connectivity index (χ2v) is 7.61. The molecule has 0 saturated heterocycles. The van der Waals surface area contributed by atoms with E-state index in [9.17, 15) is 23.3 Å². The molecule has 0 aliphatic carbocycles. The number of carbonyl (C=O) groups is 1. The number of para-hydroxylation sites is 2. The molecule has 144 valence electrons. The molecular formula is C18H21N3O5S. The summed E-state index contributed by atoms with van der Waals surface area (Å²) in [5.74, 6) is -0.477. The summed E-state index contributed by atoms with van der Waals surface area (Å²) in [6.45, 7) is 1.94. The Hall–Kier alpha value is -2.94. The number of rotatable bonds is 9. The van der Waals surface area contributed by atoms with Crippen LogP contribution in [0.15, 0.2) is 59.5 Å². The second-order valence-electron chi connectivity index (χ2n) is 5.78. The van der Waals surface area contributed by atoms with Crippen LogP contribution in [0.1, 0.15) is 19.8 Å². The Labute approximate surface area is 158 Å². The molecule has 0 aliphatic rings. The van der Waals surface area contributed by atoms with E-state index in [4.69, 9.17) is 0 Å². The lowest BCUT2D eigenvalue weighted by atomic mass is 10.3. The molecule has 2 aromatic rings. The number of hydrogen-bond acceptors (Lipinski definition) is 5. The number of nitro benzene ring substituents is 1. The molecule has 2 rings (SSSR count). The number of nitrogens with one attached hydrogen (secondary N) is 1. The van der Waals surface area contributed by atoms with Gasteiger partial charge in [-0.3, -0.25) is 19.2 Å². The van der Waals surface area contributed by atoms with Gasteiger partial charge in [-0.05, 0) is 24.6 Å². The van der Waals surface area contributed by atoms with Gasteiger partial charge in [0.25, 0.3) is 15.7 Å². The zero-order valence-electron chi connectivity index (χ0n) is 14.9. The van der Waals surface area contributed by atoms with E-state index in [1.807, 2.05) is 6.92 Å². The average Bonchev–Trinajstić information content (AvgIpc) is 2.67. The number of carbonyl (C=O) groups excluding carboxylic acids is 1. The van der Waals surface area contributed by atoms with Gasteiger partial charge in [-0.1, -0.05) is 43.7 Å². The van der Waals surface area contributed by atoms with Gasteiger partial charge in [-0.25, -0.2) is 8.42 Å². The van der Waals surface area contributed by atoms with Crippen LogP contribution in [-0.2, 0) is 14.8 Å². The Kier molecular flexibility index (Phi) is 6.89. The van der Waals surface area contributed by atoms with Crippen molar-refractivity contribution in [2.75, 3.05) is 17.4 Å². The second kappa shape index (κ2) is 9.13. The molecule has 9 heteroatoms. The lowest BCUT2D eigenvalue weighted by Crippen LogP contribution is -2.41. The molecular weight excluding hydrogens is 370 g/mol. The van der Waals surface area contributed by atoms with Crippen LogP contribution in [0.3, 0.4) is 0 Å². The minimum absolute atomic E-state index is 0.251. The molecule has 0 aliphatic heterocycles. The Morgan fingerprint density at radius 2 is 1.74 bits per heavy atom. The smallest absolute Gasteiger partial charge is 0.289 e. The molecule has 8 nitrogen and oxygen atoms in total. The number of unbranched alkanes of at least 4 members (excludes halogenated alkanes) is 1. The van der Waals surface area contributed by atoms with E-state index >= 15 is 0 Å². The van der Waals surface area contributed by atoms with Gasteiger partial charge in [0.2, 0.25) is 5.91 Å². The predicted octanol–water partition coefficient (Wildman–Crippen LogP) is 2.71. The van der Waals surface area contributed by atoms with Crippen molar-refractivity contribution >= 4 is 27.3 Å². The van der Waals surface area contributed by atoms with Gasteiger partial charge in [0.05, 0.1) is 10.6 Å². The first-order chi connectivity index (χ1) is 12.9. The van der Waals surface area contributed by atoms with Crippen LogP contribution in [0, 0.1) is 10.1 Å². The first-order valence-corrected chi connectivity index (χ1v) is 9.90. The minimum Gasteiger partial charge on any atom is -0.355 e. The highest BCUT2D eigenvalue weighted by molar-refractivity contribution is 7.93. The van der Waals surface area contributed by atoms with Crippen LogP contribution >= 0.6 is 0 Å². The van der Waals surface area contributed by atoms with Crippen LogP contribution in [-0.4, -0.2) is 32.3 Å². The van der Waals surface area contributed by atoms with Crippen LogP contribution in [0.2, 0.25) is 0 Å². The molecule has 1 amide bonds. The third kappa shape index (κ3) is 5.04. The van der Waals surface area contributed by atoms with Gasteiger partial charge in [0, 0.05) is 12.6 Å². The molecule has 0 bridgehead atoms. The topological polar surface area (TPSA) is 110 Å². The third-order valence-corrected chi connectivity index (χ3v) is 5.64. The maximum atomic E-state index is 13.2. The van der Waals surface area contributed by atoms with Crippen LogP contribution < -0.4 is 9.62 Å². The number of benzene rings is 2. The van der Waals surface area contributed by atoms with Gasteiger partial charge in [-0.15, -0.1) is 0 Å². The van der Waals surface area contributed by atoms with Crippen molar-refractivity contribution in [2.45, 2.75) is 24.7 Å². The average molecular weight is 391 g/mol.